The molecule has 1 unspecified atom stereocenters. The molecule has 1 atom stereocenters. The van der Waals surface area contributed by atoms with Gasteiger partial charge in [0.1, 0.15) is 0 Å². The normalized spacial score (nSPS) is 13.7. The number of thiazole rings is 1. The summed E-state index contributed by atoms with van der Waals surface area (Å²) in [5.74, 6) is 1.32. The molecular weight excluding hydrogens is 190 g/mol. The van der Waals surface area contributed by atoms with Crippen molar-refractivity contribution >= 4 is 21.6 Å². The third-order valence-corrected chi connectivity index (χ3v) is 3.67. The van der Waals surface area contributed by atoms with Crippen LogP contribution in [0, 0.1) is 5.92 Å². The Morgan fingerprint density at radius 3 is 2.71 bits per heavy atom. The molecule has 0 N–H and O–H groups in total. The molecule has 1 heterocycles. The molecule has 0 aliphatic carbocycles. The molecule has 2 heteroatoms. The zero-order chi connectivity index (χ0) is 10.1. The van der Waals surface area contributed by atoms with Gasteiger partial charge < -0.3 is 0 Å². The Morgan fingerprint density at radius 1 is 1.21 bits per heavy atom. The third-order valence-electron chi connectivity index (χ3n) is 2.88. The molecule has 0 fully saturated rings. The van der Waals surface area contributed by atoms with E-state index in [2.05, 4.69) is 44.0 Å². The molecule has 0 amide bonds. The van der Waals surface area contributed by atoms with Crippen LogP contribution in [0.4, 0.5) is 0 Å². The second kappa shape index (κ2) is 3.70. The number of nitrogens with zero attached hydrogens (tertiary/aromatic N) is 1. The molecule has 0 bridgehead atoms. The minimum absolute atomic E-state index is 0.626. The first-order valence-electron chi connectivity index (χ1n) is 5.01. The van der Waals surface area contributed by atoms with E-state index in [0.717, 1.165) is 5.52 Å². The standard InChI is InChI=1S/C12H15NS/c1-8(2)9(3)10-4-5-11-12(6-10)14-7-13-11/h4-9H,1-3H3. The fourth-order valence-electron chi connectivity index (χ4n) is 1.54. The molecule has 0 saturated heterocycles. The minimum Gasteiger partial charge on any atom is -0.245 e. The number of aromatic nitrogens is 1. The van der Waals surface area contributed by atoms with Crippen LogP contribution in [0.15, 0.2) is 23.7 Å². The number of hydrogen-bond acceptors (Lipinski definition) is 2. The molecule has 0 aliphatic heterocycles. The van der Waals surface area contributed by atoms with Crippen LogP contribution in [-0.2, 0) is 0 Å². The van der Waals surface area contributed by atoms with Gasteiger partial charge >= 0.3 is 0 Å². The van der Waals surface area contributed by atoms with Gasteiger partial charge in [0.15, 0.2) is 0 Å². The Labute approximate surface area is 88.8 Å². The van der Waals surface area contributed by atoms with Crippen molar-refractivity contribution in [1.29, 1.82) is 0 Å². The molecular formula is C12H15NS. The van der Waals surface area contributed by atoms with E-state index >= 15 is 0 Å². The maximum atomic E-state index is 4.28. The maximum Gasteiger partial charge on any atom is 0.0812 e. The third kappa shape index (κ3) is 1.67. The van der Waals surface area contributed by atoms with Crippen LogP contribution in [0.25, 0.3) is 10.2 Å². The van der Waals surface area contributed by atoms with Crippen molar-refractivity contribution in [2.24, 2.45) is 5.92 Å². The van der Waals surface area contributed by atoms with E-state index in [9.17, 15) is 0 Å². The lowest BCUT2D eigenvalue weighted by molar-refractivity contribution is 0.535. The lowest BCUT2D eigenvalue weighted by Crippen LogP contribution is -2.01. The lowest BCUT2D eigenvalue weighted by atomic mass is 9.90. The molecule has 0 aliphatic rings. The Morgan fingerprint density at radius 2 is 2.00 bits per heavy atom. The quantitative estimate of drug-likeness (QED) is 0.720. The lowest BCUT2D eigenvalue weighted by Gasteiger charge is -2.15. The van der Waals surface area contributed by atoms with Crippen molar-refractivity contribution in [2.45, 2.75) is 26.7 Å². The molecule has 0 spiro atoms. The molecule has 0 saturated carbocycles. The second-order valence-electron chi connectivity index (χ2n) is 4.11. The highest BCUT2D eigenvalue weighted by Gasteiger charge is 2.10. The summed E-state index contributed by atoms with van der Waals surface area (Å²) in [6.45, 7) is 6.82. The van der Waals surface area contributed by atoms with Crippen molar-refractivity contribution in [3.05, 3.63) is 29.3 Å². The van der Waals surface area contributed by atoms with E-state index in [1.54, 1.807) is 11.3 Å². The highest BCUT2D eigenvalue weighted by atomic mass is 32.1. The smallest absolute Gasteiger partial charge is 0.0812 e. The van der Waals surface area contributed by atoms with Gasteiger partial charge in [0, 0.05) is 0 Å². The molecule has 14 heavy (non-hydrogen) atoms. The first kappa shape index (κ1) is 9.66. The number of rotatable bonds is 2. The number of benzene rings is 1. The average molecular weight is 205 g/mol. The molecule has 1 nitrogen and oxygen atoms in total. The van der Waals surface area contributed by atoms with Gasteiger partial charge in [0.25, 0.3) is 0 Å². The van der Waals surface area contributed by atoms with E-state index < -0.39 is 0 Å². The van der Waals surface area contributed by atoms with Crippen LogP contribution < -0.4 is 0 Å². The highest BCUT2D eigenvalue weighted by molar-refractivity contribution is 7.16. The van der Waals surface area contributed by atoms with Crippen molar-refractivity contribution in [3.8, 4) is 0 Å². The molecule has 2 aromatic rings. The maximum absolute atomic E-state index is 4.28. The van der Waals surface area contributed by atoms with Gasteiger partial charge in [-0.05, 0) is 29.5 Å². The van der Waals surface area contributed by atoms with E-state index in [1.165, 1.54) is 10.3 Å². The fourth-order valence-corrected chi connectivity index (χ4v) is 2.27. The molecule has 74 valence electrons. The predicted octanol–water partition coefficient (Wildman–Crippen LogP) is 4.06. The van der Waals surface area contributed by atoms with Gasteiger partial charge in [-0.2, -0.15) is 0 Å². The van der Waals surface area contributed by atoms with Gasteiger partial charge in [-0.1, -0.05) is 26.8 Å². The highest BCUT2D eigenvalue weighted by Crippen LogP contribution is 2.27. The molecule has 1 aromatic carbocycles. The van der Waals surface area contributed by atoms with Crippen LogP contribution in [-0.4, -0.2) is 4.98 Å². The molecule has 0 radical (unpaired) electrons. The van der Waals surface area contributed by atoms with Crippen molar-refractivity contribution in [3.63, 3.8) is 0 Å². The molecule has 1 aromatic heterocycles. The summed E-state index contributed by atoms with van der Waals surface area (Å²) in [7, 11) is 0. The summed E-state index contributed by atoms with van der Waals surface area (Å²) in [5.41, 5.74) is 4.46. The van der Waals surface area contributed by atoms with Gasteiger partial charge in [-0.15, -0.1) is 11.3 Å². The van der Waals surface area contributed by atoms with Gasteiger partial charge in [-0.3, -0.25) is 0 Å². The van der Waals surface area contributed by atoms with Crippen molar-refractivity contribution in [2.75, 3.05) is 0 Å². The van der Waals surface area contributed by atoms with Crippen LogP contribution in [0.3, 0.4) is 0 Å². The van der Waals surface area contributed by atoms with E-state index in [-0.39, 0.29) is 0 Å². The zero-order valence-electron chi connectivity index (χ0n) is 8.82. The van der Waals surface area contributed by atoms with Crippen LogP contribution in [0.5, 0.6) is 0 Å². The predicted molar refractivity (Wildman–Crippen MR) is 62.9 cm³/mol. The Kier molecular flexibility index (Phi) is 2.55. The minimum atomic E-state index is 0.626. The monoisotopic (exact) mass is 205 g/mol. The van der Waals surface area contributed by atoms with Crippen molar-refractivity contribution < 1.29 is 0 Å². The van der Waals surface area contributed by atoms with Crippen LogP contribution in [0.1, 0.15) is 32.3 Å². The summed E-state index contributed by atoms with van der Waals surface area (Å²) < 4.78 is 1.30. The van der Waals surface area contributed by atoms with Crippen LogP contribution >= 0.6 is 11.3 Å². The van der Waals surface area contributed by atoms with Crippen molar-refractivity contribution in [1.82, 2.24) is 4.98 Å². The van der Waals surface area contributed by atoms with E-state index in [4.69, 9.17) is 0 Å². The molecule has 2 rings (SSSR count). The van der Waals surface area contributed by atoms with Gasteiger partial charge in [0.05, 0.1) is 15.7 Å². The summed E-state index contributed by atoms with van der Waals surface area (Å²) >= 11 is 1.72. The first-order chi connectivity index (χ1) is 6.68. The van der Waals surface area contributed by atoms with E-state index in [0.29, 0.717) is 11.8 Å². The fraction of sp³-hybridized carbons (Fsp3) is 0.417. The zero-order valence-corrected chi connectivity index (χ0v) is 9.64. The Hall–Kier alpha value is -0.890. The summed E-state index contributed by atoms with van der Waals surface area (Å²) in [4.78, 5) is 4.28. The average Bonchev–Trinajstić information content (AvgIpc) is 2.62. The largest absolute Gasteiger partial charge is 0.245 e. The Balaban J connectivity index is 2.43. The van der Waals surface area contributed by atoms with E-state index in [1.807, 2.05) is 5.51 Å². The number of fused-ring (bicyclic) bond motifs is 1. The topological polar surface area (TPSA) is 12.9 Å². The van der Waals surface area contributed by atoms with Crippen LogP contribution in [0.2, 0.25) is 0 Å². The Bertz CT molecular complexity index is 431. The SMILES string of the molecule is CC(C)C(C)c1ccc2ncsc2c1. The first-order valence-corrected chi connectivity index (χ1v) is 5.89. The van der Waals surface area contributed by atoms with Gasteiger partial charge in [0.2, 0.25) is 0 Å². The summed E-state index contributed by atoms with van der Waals surface area (Å²) in [5, 5.41) is 0. The summed E-state index contributed by atoms with van der Waals surface area (Å²) in [6.07, 6.45) is 0. The second-order valence-corrected chi connectivity index (χ2v) is 5.00. The van der Waals surface area contributed by atoms with Gasteiger partial charge in [-0.25, -0.2) is 4.98 Å². The summed E-state index contributed by atoms with van der Waals surface area (Å²) in [6, 6.07) is 6.60. The number of hydrogen-bond donors (Lipinski definition) is 0.